The van der Waals surface area contributed by atoms with Crippen molar-refractivity contribution in [1.29, 1.82) is 0 Å². The molecule has 1 amide bonds. The molecule has 1 heterocycles. The fourth-order valence-corrected chi connectivity index (χ4v) is 2.91. The Morgan fingerprint density at radius 2 is 1.93 bits per heavy atom. The first-order valence-electron chi connectivity index (χ1n) is 8.32. The highest BCUT2D eigenvalue weighted by atomic mass is 35.5. The highest BCUT2D eigenvalue weighted by Crippen LogP contribution is 2.26. The molecule has 2 N–H and O–H groups in total. The molecule has 2 aromatic carbocycles. The van der Waals surface area contributed by atoms with Gasteiger partial charge in [-0.1, -0.05) is 17.7 Å². The number of nitrogens with zero attached hydrogens (tertiary/aromatic N) is 3. The standard InChI is InChI=1S/C18H14ClF3N4O3/c1-2-25-15(8-27)24-26(18(25)29)14-7-12(21)9(6-13(14)22)17(28)23-16-10(19)4-3-5-11(16)20/h3-7,27H,2,8H2,1H3,(H,23,28). The highest BCUT2D eigenvalue weighted by Gasteiger charge is 2.22. The van der Waals surface area contributed by atoms with Gasteiger partial charge >= 0.3 is 5.69 Å². The normalized spacial score (nSPS) is 11.0. The van der Waals surface area contributed by atoms with Crippen LogP contribution in [-0.2, 0) is 13.2 Å². The average molecular weight is 427 g/mol. The lowest BCUT2D eigenvalue weighted by atomic mass is 10.1. The second-order valence-corrected chi connectivity index (χ2v) is 6.25. The van der Waals surface area contributed by atoms with Crippen molar-refractivity contribution in [3.05, 3.63) is 74.7 Å². The van der Waals surface area contributed by atoms with Crippen LogP contribution in [0.4, 0.5) is 18.9 Å². The Kier molecular flexibility index (Phi) is 5.76. The fraction of sp³-hybridized carbons (Fsp3) is 0.167. The van der Waals surface area contributed by atoms with E-state index >= 15 is 0 Å². The smallest absolute Gasteiger partial charge is 0.350 e. The van der Waals surface area contributed by atoms with E-state index in [9.17, 15) is 27.9 Å². The quantitative estimate of drug-likeness (QED) is 0.656. The van der Waals surface area contributed by atoms with Gasteiger partial charge in [-0.15, -0.1) is 5.10 Å². The maximum absolute atomic E-state index is 14.6. The van der Waals surface area contributed by atoms with E-state index in [0.717, 1.165) is 10.6 Å². The summed E-state index contributed by atoms with van der Waals surface area (Å²) >= 11 is 5.81. The van der Waals surface area contributed by atoms with Gasteiger partial charge in [0.2, 0.25) is 0 Å². The predicted molar refractivity (Wildman–Crippen MR) is 98.7 cm³/mol. The van der Waals surface area contributed by atoms with Crippen molar-refractivity contribution in [3.8, 4) is 5.69 Å². The Bertz CT molecular complexity index is 1140. The maximum Gasteiger partial charge on any atom is 0.350 e. The van der Waals surface area contributed by atoms with Crippen LogP contribution in [0.2, 0.25) is 5.02 Å². The Morgan fingerprint density at radius 1 is 1.21 bits per heavy atom. The summed E-state index contributed by atoms with van der Waals surface area (Å²) in [5, 5.41) is 15.0. The summed E-state index contributed by atoms with van der Waals surface area (Å²) in [7, 11) is 0. The minimum atomic E-state index is -1.17. The molecule has 0 spiro atoms. The van der Waals surface area contributed by atoms with Crippen molar-refractivity contribution in [2.24, 2.45) is 0 Å². The number of halogens is 4. The van der Waals surface area contributed by atoms with E-state index in [-0.39, 0.29) is 23.1 Å². The van der Waals surface area contributed by atoms with Gasteiger partial charge in [0.15, 0.2) is 5.82 Å². The molecule has 0 radical (unpaired) electrons. The molecule has 0 fully saturated rings. The molecule has 0 unspecified atom stereocenters. The summed E-state index contributed by atoms with van der Waals surface area (Å²) in [4.78, 5) is 24.6. The Hall–Kier alpha value is -3.11. The summed E-state index contributed by atoms with van der Waals surface area (Å²) in [5.74, 6) is -4.31. The number of carbonyl (C=O) groups excluding carboxylic acids is 1. The number of para-hydroxylation sites is 1. The number of aliphatic hydroxyl groups is 1. The van der Waals surface area contributed by atoms with Crippen LogP contribution < -0.4 is 11.0 Å². The van der Waals surface area contributed by atoms with E-state index in [1.54, 1.807) is 6.92 Å². The van der Waals surface area contributed by atoms with Crippen molar-refractivity contribution in [3.63, 3.8) is 0 Å². The number of hydrogen-bond donors (Lipinski definition) is 2. The van der Waals surface area contributed by atoms with Gasteiger partial charge in [0, 0.05) is 12.6 Å². The topological polar surface area (TPSA) is 89.2 Å². The lowest BCUT2D eigenvalue weighted by Crippen LogP contribution is -2.25. The molecular weight excluding hydrogens is 413 g/mol. The first-order valence-corrected chi connectivity index (χ1v) is 8.70. The van der Waals surface area contributed by atoms with Crippen molar-refractivity contribution in [2.75, 3.05) is 5.32 Å². The van der Waals surface area contributed by atoms with Crippen LogP contribution in [0.25, 0.3) is 5.69 Å². The first kappa shape index (κ1) is 20.6. The number of hydrogen-bond acceptors (Lipinski definition) is 4. The van der Waals surface area contributed by atoms with Crippen LogP contribution >= 0.6 is 11.6 Å². The molecule has 29 heavy (non-hydrogen) atoms. The zero-order valence-electron chi connectivity index (χ0n) is 14.9. The largest absolute Gasteiger partial charge is 0.388 e. The second kappa shape index (κ2) is 8.10. The van der Waals surface area contributed by atoms with Crippen LogP contribution in [0.5, 0.6) is 0 Å². The van der Waals surface area contributed by atoms with Crippen LogP contribution in [0.3, 0.4) is 0 Å². The molecule has 3 aromatic rings. The lowest BCUT2D eigenvalue weighted by Gasteiger charge is -2.10. The third-order valence-corrected chi connectivity index (χ3v) is 4.42. The molecule has 0 aliphatic heterocycles. The van der Waals surface area contributed by atoms with Gasteiger partial charge in [-0.05, 0) is 25.1 Å². The van der Waals surface area contributed by atoms with Gasteiger partial charge in [-0.3, -0.25) is 9.36 Å². The Labute approximate surface area is 167 Å². The van der Waals surface area contributed by atoms with Gasteiger partial charge in [0.1, 0.15) is 29.7 Å². The molecule has 152 valence electrons. The van der Waals surface area contributed by atoms with Crippen LogP contribution in [0.15, 0.2) is 35.1 Å². The fourth-order valence-electron chi connectivity index (χ4n) is 2.70. The Morgan fingerprint density at radius 3 is 2.52 bits per heavy atom. The molecule has 0 aliphatic rings. The number of carbonyl (C=O) groups is 1. The van der Waals surface area contributed by atoms with Crippen molar-refractivity contribution < 1.29 is 23.1 Å². The van der Waals surface area contributed by atoms with Crippen LogP contribution in [0, 0.1) is 17.5 Å². The number of rotatable bonds is 5. The molecule has 0 saturated heterocycles. The molecule has 0 aliphatic carbocycles. The number of anilines is 1. The molecule has 0 saturated carbocycles. The van der Waals surface area contributed by atoms with Crippen molar-refractivity contribution >= 4 is 23.2 Å². The number of benzene rings is 2. The van der Waals surface area contributed by atoms with Crippen LogP contribution in [-0.4, -0.2) is 25.4 Å². The second-order valence-electron chi connectivity index (χ2n) is 5.85. The van der Waals surface area contributed by atoms with E-state index in [1.165, 1.54) is 12.1 Å². The number of amides is 1. The number of aliphatic hydroxyl groups excluding tert-OH is 1. The van der Waals surface area contributed by atoms with E-state index < -0.39 is 46.9 Å². The molecule has 11 heteroatoms. The van der Waals surface area contributed by atoms with Gasteiger partial charge < -0.3 is 10.4 Å². The van der Waals surface area contributed by atoms with Gasteiger partial charge in [-0.2, -0.15) is 4.68 Å². The summed E-state index contributed by atoms with van der Waals surface area (Å²) in [6.45, 7) is 1.19. The van der Waals surface area contributed by atoms with E-state index in [4.69, 9.17) is 11.6 Å². The molecule has 3 rings (SSSR count). The van der Waals surface area contributed by atoms with Gasteiger partial charge in [-0.25, -0.2) is 18.0 Å². The zero-order chi connectivity index (χ0) is 21.3. The average Bonchev–Trinajstić information content (AvgIpc) is 3.01. The zero-order valence-corrected chi connectivity index (χ0v) is 15.7. The SMILES string of the molecule is CCn1c(CO)nn(-c2cc(F)c(C(=O)Nc3c(F)cccc3Cl)cc2F)c1=O. The number of aromatic nitrogens is 3. The lowest BCUT2D eigenvalue weighted by molar-refractivity contribution is 0.102. The maximum atomic E-state index is 14.6. The molecule has 0 atom stereocenters. The van der Waals surface area contributed by atoms with Gasteiger partial charge in [0.25, 0.3) is 5.91 Å². The summed E-state index contributed by atoms with van der Waals surface area (Å²) < 4.78 is 44.6. The van der Waals surface area contributed by atoms with E-state index in [0.29, 0.717) is 16.8 Å². The minimum Gasteiger partial charge on any atom is -0.388 e. The third-order valence-electron chi connectivity index (χ3n) is 4.11. The number of nitrogens with one attached hydrogen (secondary N) is 1. The van der Waals surface area contributed by atoms with Gasteiger partial charge in [0.05, 0.1) is 16.3 Å². The Balaban J connectivity index is 2.01. The molecule has 1 aromatic heterocycles. The summed E-state index contributed by atoms with van der Waals surface area (Å²) in [6, 6.07) is 4.84. The molecule has 7 nitrogen and oxygen atoms in total. The van der Waals surface area contributed by atoms with Crippen LogP contribution in [0.1, 0.15) is 23.1 Å². The molecular formula is C18H14ClF3N4O3. The van der Waals surface area contributed by atoms with Crippen molar-refractivity contribution in [1.82, 2.24) is 14.3 Å². The highest BCUT2D eigenvalue weighted by molar-refractivity contribution is 6.34. The van der Waals surface area contributed by atoms with E-state index in [2.05, 4.69) is 10.4 Å². The first-order chi connectivity index (χ1) is 13.8. The summed E-state index contributed by atoms with van der Waals surface area (Å²) in [5.41, 5.74) is -2.44. The summed E-state index contributed by atoms with van der Waals surface area (Å²) in [6.07, 6.45) is 0. The minimum absolute atomic E-state index is 0.0340. The van der Waals surface area contributed by atoms with E-state index in [1.807, 2.05) is 0 Å². The molecule has 0 bridgehead atoms. The third kappa shape index (κ3) is 3.76. The monoisotopic (exact) mass is 426 g/mol. The predicted octanol–water partition coefficient (Wildman–Crippen LogP) is 2.87. The van der Waals surface area contributed by atoms with Crippen molar-refractivity contribution in [2.45, 2.75) is 20.1 Å².